The summed E-state index contributed by atoms with van der Waals surface area (Å²) in [5, 5.41) is 0. The number of benzene rings is 2. The maximum atomic E-state index is 13.8. The van der Waals surface area contributed by atoms with Crippen LogP contribution in [0.3, 0.4) is 0 Å². The Morgan fingerprint density at radius 1 is 1.12 bits per heavy atom. The smallest absolute Gasteiger partial charge is 0.256 e. The molecule has 1 fully saturated rings. The van der Waals surface area contributed by atoms with Gasteiger partial charge in [0, 0.05) is 25.1 Å². The Hall–Kier alpha value is -2.76. The van der Waals surface area contributed by atoms with Crippen molar-refractivity contribution < 1.29 is 13.6 Å². The van der Waals surface area contributed by atoms with E-state index in [0.29, 0.717) is 13.1 Å². The minimum absolute atomic E-state index is 0.0800. The fourth-order valence-corrected chi connectivity index (χ4v) is 3.36. The highest BCUT2D eigenvalue weighted by Gasteiger charge is 2.27. The number of amides is 1. The first-order valence-corrected chi connectivity index (χ1v) is 8.31. The van der Waals surface area contributed by atoms with Crippen LogP contribution in [0.2, 0.25) is 0 Å². The van der Waals surface area contributed by atoms with Crippen molar-refractivity contribution in [3.63, 3.8) is 0 Å². The number of likely N-dealkylation sites (tertiary alicyclic amines) is 1. The molecule has 0 saturated carbocycles. The molecule has 6 heteroatoms. The summed E-state index contributed by atoms with van der Waals surface area (Å²) >= 11 is 0. The minimum Gasteiger partial charge on any atom is -0.342 e. The van der Waals surface area contributed by atoms with Crippen LogP contribution in [0.15, 0.2) is 42.5 Å². The highest BCUT2D eigenvalue weighted by molar-refractivity contribution is 5.94. The molecule has 1 saturated heterocycles. The van der Waals surface area contributed by atoms with Gasteiger partial charge in [0.2, 0.25) is 0 Å². The minimum atomic E-state index is -0.815. The van der Waals surface area contributed by atoms with Crippen molar-refractivity contribution >= 4 is 16.9 Å². The molecular weight excluding hydrogens is 324 g/mol. The third-order valence-electron chi connectivity index (χ3n) is 4.74. The molecule has 1 aliphatic heterocycles. The zero-order valence-electron chi connectivity index (χ0n) is 13.5. The molecule has 1 aliphatic rings. The monoisotopic (exact) mass is 341 g/mol. The average molecular weight is 341 g/mol. The zero-order chi connectivity index (χ0) is 17.4. The van der Waals surface area contributed by atoms with E-state index < -0.39 is 11.6 Å². The Morgan fingerprint density at radius 2 is 1.88 bits per heavy atom. The first-order chi connectivity index (χ1) is 12.1. The summed E-state index contributed by atoms with van der Waals surface area (Å²) in [6, 6.07) is 10.9. The lowest BCUT2D eigenvalue weighted by atomic mass is 9.95. The maximum Gasteiger partial charge on any atom is 0.256 e. The number of halogens is 2. The Kier molecular flexibility index (Phi) is 3.95. The number of nitrogens with zero attached hydrogens (tertiary/aromatic N) is 2. The molecule has 2 heterocycles. The van der Waals surface area contributed by atoms with E-state index in [-0.39, 0.29) is 17.4 Å². The van der Waals surface area contributed by atoms with Gasteiger partial charge in [0.15, 0.2) is 0 Å². The number of nitrogens with one attached hydrogen (secondary N) is 1. The van der Waals surface area contributed by atoms with Gasteiger partial charge in [-0.05, 0) is 37.1 Å². The summed E-state index contributed by atoms with van der Waals surface area (Å²) in [6.45, 7) is 1.05. The lowest BCUT2D eigenvalue weighted by Crippen LogP contribution is -2.38. The molecule has 2 aromatic carbocycles. The SMILES string of the molecule is O=C(c1ccc(F)cc1F)N1CCC(c2nc3ccccc3[nH]2)CC1. The largest absolute Gasteiger partial charge is 0.342 e. The maximum absolute atomic E-state index is 13.8. The number of para-hydroxylation sites is 2. The van der Waals surface area contributed by atoms with Crippen LogP contribution >= 0.6 is 0 Å². The topological polar surface area (TPSA) is 49.0 Å². The molecule has 0 aliphatic carbocycles. The highest BCUT2D eigenvalue weighted by atomic mass is 19.1. The highest BCUT2D eigenvalue weighted by Crippen LogP contribution is 2.28. The third-order valence-corrected chi connectivity index (χ3v) is 4.74. The van der Waals surface area contributed by atoms with Crippen LogP contribution in [0.25, 0.3) is 11.0 Å². The number of imidazole rings is 1. The number of aromatic nitrogens is 2. The number of hydrogen-bond donors (Lipinski definition) is 1. The first kappa shape index (κ1) is 15.7. The summed E-state index contributed by atoms with van der Waals surface area (Å²) in [5.41, 5.74) is 1.86. The van der Waals surface area contributed by atoms with Crippen molar-refractivity contribution in [2.75, 3.05) is 13.1 Å². The lowest BCUT2D eigenvalue weighted by Gasteiger charge is -2.31. The molecular formula is C19H17F2N3O. The van der Waals surface area contributed by atoms with Crippen LogP contribution in [-0.4, -0.2) is 33.9 Å². The fraction of sp³-hybridized carbons (Fsp3) is 0.263. The molecule has 4 rings (SSSR count). The van der Waals surface area contributed by atoms with Crippen molar-refractivity contribution in [1.82, 2.24) is 14.9 Å². The van der Waals surface area contributed by atoms with Gasteiger partial charge in [0.1, 0.15) is 17.5 Å². The summed E-state index contributed by atoms with van der Waals surface area (Å²) < 4.78 is 26.8. The van der Waals surface area contributed by atoms with E-state index in [4.69, 9.17) is 0 Å². The van der Waals surface area contributed by atoms with Gasteiger partial charge in [-0.25, -0.2) is 13.8 Å². The first-order valence-electron chi connectivity index (χ1n) is 8.31. The molecule has 0 spiro atoms. The van der Waals surface area contributed by atoms with Crippen LogP contribution in [0.5, 0.6) is 0 Å². The Labute approximate surface area is 143 Å². The summed E-state index contributed by atoms with van der Waals surface area (Å²) in [7, 11) is 0. The summed E-state index contributed by atoms with van der Waals surface area (Å²) in [4.78, 5) is 22.0. The lowest BCUT2D eigenvalue weighted by molar-refractivity contribution is 0.0706. The van der Waals surface area contributed by atoms with Gasteiger partial charge >= 0.3 is 0 Å². The van der Waals surface area contributed by atoms with Crippen molar-refractivity contribution in [3.8, 4) is 0 Å². The molecule has 128 valence electrons. The van der Waals surface area contributed by atoms with E-state index >= 15 is 0 Å². The molecule has 4 nitrogen and oxygen atoms in total. The molecule has 25 heavy (non-hydrogen) atoms. The number of hydrogen-bond acceptors (Lipinski definition) is 2. The van der Waals surface area contributed by atoms with Crippen LogP contribution < -0.4 is 0 Å². The molecule has 0 atom stereocenters. The zero-order valence-corrected chi connectivity index (χ0v) is 13.5. The second-order valence-electron chi connectivity index (χ2n) is 6.33. The molecule has 1 amide bonds. The number of aromatic amines is 1. The number of rotatable bonds is 2. The summed E-state index contributed by atoms with van der Waals surface area (Å²) in [5.74, 6) is -0.710. The van der Waals surface area contributed by atoms with Crippen molar-refractivity contribution in [1.29, 1.82) is 0 Å². The van der Waals surface area contributed by atoms with Gasteiger partial charge < -0.3 is 9.88 Å². The van der Waals surface area contributed by atoms with Crippen LogP contribution in [0.4, 0.5) is 8.78 Å². The van der Waals surface area contributed by atoms with E-state index in [0.717, 1.165) is 41.8 Å². The number of fused-ring (bicyclic) bond motifs is 1. The van der Waals surface area contributed by atoms with Crippen molar-refractivity contribution in [2.45, 2.75) is 18.8 Å². The predicted molar refractivity (Wildman–Crippen MR) is 90.3 cm³/mol. The van der Waals surface area contributed by atoms with Gasteiger partial charge in [-0.15, -0.1) is 0 Å². The molecule has 3 aromatic rings. The number of piperidine rings is 1. The van der Waals surface area contributed by atoms with Crippen LogP contribution in [0.1, 0.15) is 34.9 Å². The van der Waals surface area contributed by atoms with E-state index in [1.54, 1.807) is 4.90 Å². The van der Waals surface area contributed by atoms with Gasteiger partial charge in [0.25, 0.3) is 5.91 Å². The molecule has 0 radical (unpaired) electrons. The number of H-pyrrole nitrogens is 1. The molecule has 1 N–H and O–H groups in total. The van der Waals surface area contributed by atoms with Crippen molar-refractivity contribution in [3.05, 3.63) is 65.5 Å². The number of carbonyl (C=O) groups is 1. The van der Waals surface area contributed by atoms with Crippen LogP contribution in [0, 0.1) is 11.6 Å². The van der Waals surface area contributed by atoms with Crippen molar-refractivity contribution in [2.24, 2.45) is 0 Å². The van der Waals surface area contributed by atoms with E-state index in [9.17, 15) is 13.6 Å². The van der Waals surface area contributed by atoms with E-state index in [2.05, 4.69) is 9.97 Å². The molecule has 0 bridgehead atoms. The third kappa shape index (κ3) is 2.99. The Bertz CT molecular complexity index is 896. The second-order valence-corrected chi connectivity index (χ2v) is 6.33. The van der Waals surface area contributed by atoms with Gasteiger partial charge in [0.05, 0.1) is 16.6 Å². The summed E-state index contributed by atoms with van der Waals surface area (Å²) in [6.07, 6.45) is 1.52. The molecule has 0 unspecified atom stereocenters. The quantitative estimate of drug-likeness (QED) is 0.769. The Balaban J connectivity index is 1.46. The van der Waals surface area contributed by atoms with Gasteiger partial charge in [-0.3, -0.25) is 4.79 Å². The average Bonchev–Trinajstić information content (AvgIpc) is 3.05. The van der Waals surface area contributed by atoms with E-state index in [1.165, 1.54) is 6.07 Å². The second kappa shape index (κ2) is 6.27. The van der Waals surface area contributed by atoms with E-state index in [1.807, 2.05) is 24.3 Å². The molecule has 1 aromatic heterocycles. The fourth-order valence-electron chi connectivity index (χ4n) is 3.36. The standard InChI is InChI=1S/C19H17F2N3O/c20-13-5-6-14(15(21)11-13)19(25)24-9-7-12(8-10-24)18-22-16-3-1-2-4-17(16)23-18/h1-6,11-12H,7-10H2,(H,22,23). The Morgan fingerprint density at radius 3 is 2.60 bits per heavy atom. The normalized spacial score (nSPS) is 15.7. The predicted octanol–water partition coefficient (Wildman–Crippen LogP) is 3.86. The van der Waals surface area contributed by atoms with Gasteiger partial charge in [-0.1, -0.05) is 12.1 Å². The van der Waals surface area contributed by atoms with Crippen LogP contribution in [-0.2, 0) is 0 Å². The van der Waals surface area contributed by atoms with Gasteiger partial charge in [-0.2, -0.15) is 0 Å². The number of carbonyl (C=O) groups excluding carboxylic acids is 1.